The fraction of sp³-hybridized carbons (Fsp3) is 0.375. The van der Waals surface area contributed by atoms with Crippen LogP contribution in [0.5, 0.6) is 0 Å². The van der Waals surface area contributed by atoms with E-state index >= 15 is 0 Å². The van der Waals surface area contributed by atoms with Gasteiger partial charge in [0.1, 0.15) is 6.04 Å². The zero-order chi connectivity index (χ0) is 17.0. The fourth-order valence-corrected chi connectivity index (χ4v) is 2.61. The lowest BCUT2D eigenvalue weighted by Crippen LogP contribution is -2.47. The molecule has 1 atom stereocenters. The van der Waals surface area contributed by atoms with Gasteiger partial charge in [-0.3, -0.25) is 4.79 Å². The maximum atomic E-state index is 13.2. The Morgan fingerprint density at radius 1 is 1.17 bits per heavy atom. The Kier molecular flexibility index (Phi) is 5.08. The highest BCUT2D eigenvalue weighted by Crippen LogP contribution is 2.34. The molecule has 0 saturated carbocycles. The van der Waals surface area contributed by atoms with Crippen molar-refractivity contribution >= 4 is 17.4 Å². The molecule has 1 saturated heterocycles. The number of carbonyl (C=O) groups excluding carboxylic acids is 1. The third-order valence-electron chi connectivity index (χ3n) is 3.73. The molecule has 0 aromatic heterocycles. The number of hydrogen-bond acceptors (Lipinski definition) is 2. The van der Waals surface area contributed by atoms with Crippen LogP contribution >= 0.6 is 0 Å². The lowest BCUT2D eigenvalue weighted by atomic mass is 10.0. The molecule has 1 aliphatic heterocycles. The molecule has 1 fully saturated rings. The molecule has 2 rings (SSSR count). The molecule has 0 bridgehead atoms. The highest BCUT2D eigenvalue weighted by molar-refractivity contribution is 5.98. The topological polar surface area (TPSA) is 57.6 Å². The van der Waals surface area contributed by atoms with Crippen LogP contribution in [0.15, 0.2) is 36.4 Å². The van der Waals surface area contributed by atoms with E-state index < -0.39 is 29.7 Å². The van der Waals surface area contributed by atoms with Gasteiger partial charge >= 0.3 is 12.1 Å². The number of benzene rings is 1. The standard InChI is InChI=1S/C16H16F3NO3/c17-16(18,19)12(11-6-2-1-3-7-11)10-14(21)20-9-5-4-8-13(20)15(22)23/h1-3,6-7,10,13H,4-5,8-9H2,(H,22,23)/b12-10+/t13-/m1/s1. The van der Waals surface area contributed by atoms with Gasteiger partial charge in [-0.05, 0) is 24.8 Å². The Morgan fingerprint density at radius 3 is 2.39 bits per heavy atom. The molecule has 0 radical (unpaired) electrons. The van der Waals surface area contributed by atoms with Gasteiger partial charge in [-0.1, -0.05) is 30.3 Å². The smallest absolute Gasteiger partial charge is 0.417 e. The van der Waals surface area contributed by atoms with Crippen molar-refractivity contribution in [2.75, 3.05) is 6.54 Å². The molecule has 124 valence electrons. The Hall–Kier alpha value is -2.31. The summed E-state index contributed by atoms with van der Waals surface area (Å²) in [4.78, 5) is 24.4. The summed E-state index contributed by atoms with van der Waals surface area (Å²) in [5, 5.41) is 9.13. The van der Waals surface area contributed by atoms with Crippen LogP contribution in [-0.2, 0) is 9.59 Å². The van der Waals surface area contributed by atoms with Crippen LogP contribution in [0.1, 0.15) is 24.8 Å². The van der Waals surface area contributed by atoms with Gasteiger partial charge in [0.2, 0.25) is 5.91 Å². The number of halogens is 3. The summed E-state index contributed by atoms with van der Waals surface area (Å²) in [5.74, 6) is -2.12. The number of hydrogen-bond donors (Lipinski definition) is 1. The van der Waals surface area contributed by atoms with Crippen molar-refractivity contribution in [1.82, 2.24) is 4.90 Å². The number of rotatable bonds is 3. The minimum absolute atomic E-state index is 0.128. The van der Waals surface area contributed by atoms with E-state index in [-0.39, 0.29) is 18.5 Å². The number of alkyl halides is 3. The lowest BCUT2D eigenvalue weighted by Gasteiger charge is -2.32. The molecule has 1 aromatic carbocycles. The SMILES string of the molecule is O=C(O)[C@H]1CCCCN1C(=O)/C=C(\c1ccccc1)C(F)(F)F. The van der Waals surface area contributed by atoms with E-state index in [9.17, 15) is 22.8 Å². The number of piperidine rings is 1. The summed E-state index contributed by atoms with van der Waals surface area (Å²) in [7, 11) is 0. The number of likely N-dealkylation sites (tertiary alicyclic amines) is 1. The van der Waals surface area contributed by atoms with Gasteiger partial charge in [-0.2, -0.15) is 13.2 Å². The zero-order valence-electron chi connectivity index (χ0n) is 12.2. The highest BCUT2D eigenvalue weighted by Gasteiger charge is 2.37. The van der Waals surface area contributed by atoms with Crippen molar-refractivity contribution in [2.45, 2.75) is 31.5 Å². The van der Waals surface area contributed by atoms with Crippen LogP contribution in [0.3, 0.4) is 0 Å². The molecule has 1 heterocycles. The quantitative estimate of drug-likeness (QED) is 0.868. The van der Waals surface area contributed by atoms with Crippen LogP contribution in [-0.4, -0.2) is 40.6 Å². The van der Waals surface area contributed by atoms with Gasteiger partial charge in [0.25, 0.3) is 0 Å². The molecule has 1 amide bonds. The second-order valence-corrected chi connectivity index (χ2v) is 5.30. The van der Waals surface area contributed by atoms with E-state index in [1.54, 1.807) is 6.07 Å². The summed E-state index contributed by atoms with van der Waals surface area (Å²) in [6.45, 7) is 0.145. The second-order valence-electron chi connectivity index (χ2n) is 5.30. The summed E-state index contributed by atoms with van der Waals surface area (Å²) in [6, 6.07) is 5.91. The van der Waals surface area contributed by atoms with E-state index in [0.29, 0.717) is 18.9 Å². The second kappa shape index (κ2) is 6.85. The number of amides is 1. The molecule has 0 aliphatic carbocycles. The molecular formula is C16H16F3NO3. The normalized spacial score (nSPS) is 19.5. The van der Waals surface area contributed by atoms with E-state index in [4.69, 9.17) is 5.11 Å². The molecule has 0 spiro atoms. The minimum Gasteiger partial charge on any atom is -0.480 e. The monoisotopic (exact) mass is 327 g/mol. The van der Waals surface area contributed by atoms with Crippen LogP contribution in [0.2, 0.25) is 0 Å². The number of nitrogens with zero attached hydrogens (tertiary/aromatic N) is 1. The van der Waals surface area contributed by atoms with Gasteiger partial charge in [-0.15, -0.1) is 0 Å². The first kappa shape index (κ1) is 17.1. The van der Waals surface area contributed by atoms with E-state index in [2.05, 4.69) is 0 Å². The average Bonchev–Trinajstić information content (AvgIpc) is 2.52. The molecule has 0 unspecified atom stereocenters. The molecule has 7 heteroatoms. The number of carboxylic acid groups (broad SMARTS) is 1. The van der Waals surface area contributed by atoms with Gasteiger partial charge in [0.05, 0.1) is 5.57 Å². The molecule has 1 N–H and O–H groups in total. The lowest BCUT2D eigenvalue weighted by molar-refractivity contribution is -0.150. The Bertz CT molecular complexity index is 611. The van der Waals surface area contributed by atoms with Gasteiger partial charge < -0.3 is 10.0 Å². The van der Waals surface area contributed by atoms with E-state index in [1.165, 1.54) is 24.3 Å². The first-order chi connectivity index (χ1) is 10.8. The van der Waals surface area contributed by atoms with E-state index in [0.717, 1.165) is 4.90 Å². The van der Waals surface area contributed by atoms with Crippen LogP contribution in [0.25, 0.3) is 5.57 Å². The summed E-state index contributed by atoms with van der Waals surface area (Å²) < 4.78 is 39.7. The van der Waals surface area contributed by atoms with Crippen LogP contribution in [0.4, 0.5) is 13.2 Å². The Labute approximate surface area is 131 Å². The predicted molar refractivity (Wildman–Crippen MR) is 77.5 cm³/mol. The van der Waals surface area contributed by atoms with Crippen molar-refractivity contribution in [3.05, 3.63) is 42.0 Å². The van der Waals surface area contributed by atoms with Crippen molar-refractivity contribution < 1.29 is 27.9 Å². The van der Waals surface area contributed by atoms with Gasteiger partial charge in [0.15, 0.2) is 0 Å². The van der Waals surface area contributed by atoms with Crippen LogP contribution in [0, 0.1) is 0 Å². The zero-order valence-corrected chi connectivity index (χ0v) is 12.2. The third-order valence-corrected chi connectivity index (χ3v) is 3.73. The number of allylic oxidation sites excluding steroid dienone is 1. The van der Waals surface area contributed by atoms with Gasteiger partial charge in [0, 0.05) is 12.6 Å². The highest BCUT2D eigenvalue weighted by atomic mass is 19.4. The summed E-state index contributed by atoms with van der Waals surface area (Å²) >= 11 is 0. The Morgan fingerprint density at radius 2 is 1.83 bits per heavy atom. The molecule has 4 nitrogen and oxygen atoms in total. The average molecular weight is 327 g/mol. The Balaban J connectivity index is 2.35. The molecule has 1 aromatic rings. The molecule has 23 heavy (non-hydrogen) atoms. The fourth-order valence-electron chi connectivity index (χ4n) is 2.61. The minimum atomic E-state index is -4.70. The molecule has 1 aliphatic rings. The van der Waals surface area contributed by atoms with Crippen LogP contribution < -0.4 is 0 Å². The number of aliphatic carboxylic acids is 1. The largest absolute Gasteiger partial charge is 0.480 e. The maximum absolute atomic E-state index is 13.2. The van der Waals surface area contributed by atoms with Crippen molar-refractivity contribution in [3.63, 3.8) is 0 Å². The summed E-state index contributed by atoms with van der Waals surface area (Å²) in [5.41, 5.74) is -1.20. The first-order valence-corrected chi connectivity index (χ1v) is 7.18. The number of carbonyl (C=O) groups is 2. The maximum Gasteiger partial charge on any atom is 0.417 e. The van der Waals surface area contributed by atoms with Gasteiger partial charge in [-0.25, -0.2) is 4.79 Å². The number of carboxylic acids is 1. The molecular weight excluding hydrogens is 311 g/mol. The predicted octanol–water partition coefficient (Wildman–Crippen LogP) is 3.10. The summed E-state index contributed by atoms with van der Waals surface area (Å²) in [6.07, 6.45) is -2.74. The van der Waals surface area contributed by atoms with Crippen molar-refractivity contribution in [2.24, 2.45) is 0 Å². The first-order valence-electron chi connectivity index (χ1n) is 7.18. The van der Waals surface area contributed by atoms with Crippen molar-refractivity contribution in [3.8, 4) is 0 Å². The third kappa shape index (κ3) is 4.12. The van der Waals surface area contributed by atoms with E-state index in [1.807, 2.05) is 0 Å². The van der Waals surface area contributed by atoms with Crippen molar-refractivity contribution in [1.29, 1.82) is 0 Å².